The number of carbonyl (C=O) groups excluding carboxylic acids is 1. The van der Waals surface area contributed by atoms with Gasteiger partial charge < -0.3 is 49.1 Å². The van der Waals surface area contributed by atoms with Gasteiger partial charge in [0.15, 0.2) is 23.0 Å². The van der Waals surface area contributed by atoms with E-state index in [0.717, 1.165) is 19.3 Å². The second-order valence-electron chi connectivity index (χ2n) is 11.3. The Labute approximate surface area is 281 Å². The van der Waals surface area contributed by atoms with Gasteiger partial charge in [-0.25, -0.2) is 0 Å². The van der Waals surface area contributed by atoms with Crippen molar-refractivity contribution in [3.05, 3.63) is 75.9 Å². The SMILES string of the molecule is CCCCOc1ccc(-c2cc(=O)c3c(O)c(OCCCC)c(OC4OC(C(=O)Nc5cccc(Cl)c5)C(O)C(O)C4O)cc3o2)cc1. The molecule has 5 atom stereocenters. The zero-order chi connectivity index (χ0) is 34.4. The van der Waals surface area contributed by atoms with Crippen LogP contribution in [0, 0.1) is 0 Å². The fourth-order valence-corrected chi connectivity index (χ4v) is 5.26. The van der Waals surface area contributed by atoms with E-state index in [1.54, 1.807) is 42.5 Å². The van der Waals surface area contributed by atoms with E-state index in [0.29, 0.717) is 35.1 Å². The average molecular weight is 684 g/mol. The number of rotatable bonds is 13. The molecule has 0 radical (unpaired) electrons. The lowest BCUT2D eigenvalue weighted by Gasteiger charge is -2.39. The number of fused-ring (bicyclic) bond motifs is 1. The van der Waals surface area contributed by atoms with Gasteiger partial charge in [-0.3, -0.25) is 9.59 Å². The molecule has 5 rings (SSSR count). The third kappa shape index (κ3) is 7.86. The summed E-state index contributed by atoms with van der Waals surface area (Å²) >= 11 is 6.01. The highest BCUT2D eigenvalue weighted by molar-refractivity contribution is 6.30. The number of nitrogens with one attached hydrogen (secondary N) is 1. The molecule has 4 aromatic rings. The number of aliphatic hydroxyl groups is 3. The molecule has 1 amide bonds. The molecular weight excluding hydrogens is 646 g/mol. The minimum atomic E-state index is -1.86. The second-order valence-corrected chi connectivity index (χ2v) is 11.8. The molecule has 1 fully saturated rings. The number of aliphatic hydroxyl groups excluding tert-OH is 3. The van der Waals surface area contributed by atoms with Crippen LogP contribution in [-0.4, -0.2) is 70.3 Å². The van der Waals surface area contributed by atoms with E-state index in [-0.39, 0.29) is 34.8 Å². The number of benzene rings is 3. The molecule has 0 saturated carbocycles. The summed E-state index contributed by atoms with van der Waals surface area (Å²) in [5.74, 6) is -1.00. The number of hydrogen-bond donors (Lipinski definition) is 5. The zero-order valence-corrected chi connectivity index (χ0v) is 27.2. The van der Waals surface area contributed by atoms with E-state index in [1.165, 1.54) is 18.2 Å². The lowest BCUT2D eigenvalue weighted by Crippen LogP contribution is -2.62. The van der Waals surface area contributed by atoms with Crippen molar-refractivity contribution in [2.24, 2.45) is 0 Å². The number of phenols is 1. The summed E-state index contributed by atoms with van der Waals surface area (Å²) in [5, 5.41) is 46.1. The zero-order valence-electron chi connectivity index (χ0n) is 26.4. The first-order chi connectivity index (χ1) is 23.1. The third-order valence-corrected chi connectivity index (χ3v) is 7.96. The first-order valence-electron chi connectivity index (χ1n) is 15.7. The molecule has 5 N–H and O–H groups in total. The van der Waals surface area contributed by atoms with Crippen LogP contribution in [0.3, 0.4) is 0 Å². The Morgan fingerprint density at radius 1 is 0.917 bits per heavy atom. The van der Waals surface area contributed by atoms with Crippen LogP contribution in [0.1, 0.15) is 39.5 Å². The van der Waals surface area contributed by atoms with Crippen LogP contribution in [-0.2, 0) is 9.53 Å². The monoisotopic (exact) mass is 683 g/mol. The van der Waals surface area contributed by atoms with Gasteiger partial charge in [0.05, 0.1) is 13.2 Å². The van der Waals surface area contributed by atoms with Crippen LogP contribution < -0.4 is 25.0 Å². The highest BCUT2D eigenvalue weighted by Gasteiger charge is 2.48. The summed E-state index contributed by atoms with van der Waals surface area (Å²) in [4.78, 5) is 26.4. The topological polar surface area (TPSA) is 177 Å². The van der Waals surface area contributed by atoms with Crippen LogP contribution in [0.15, 0.2) is 69.9 Å². The second kappa shape index (κ2) is 15.7. The molecule has 0 spiro atoms. The quantitative estimate of drug-likeness (QED) is 0.120. The predicted molar refractivity (Wildman–Crippen MR) is 178 cm³/mol. The Balaban J connectivity index is 1.48. The molecule has 0 bridgehead atoms. The number of carbonyl (C=O) groups is 1. The third-order valence-electron chi connectivity index (χ3n) is 7.73. The van der Waals surface area contributed by atoms with Crippen molar-refractivity contribution in [3.63, 3.8) is 0 Å². The summed E-state index contributed by atoms with van der Waals surface area (Å²) in [7, 11) is 0. The molecule has 3 aromatic carbocycles. The van der Waals surface area contributed by atoms with Crippen LogP contribution in [0.2, 0.25) is 5.02 Å². The molecule has 2 heterocycles. The lowest BCUT2D eigenvalue weighted by molar-refractivity contribution is -0.265. The maximum Gasteiger partial charge on any atom is 0.256 e. The Morgan fingerprint density at radius 2 is 1.62 bits per heavy atom. The van der Waals surface area contributed by atoms with Gasteiger partial charge in [-0.05, 0) is 55.3 Å². The van der Waals surface area contributed by atoms with E-state index >= 15 is 0 Å². The summed E-state index contributed by atoms with van der Waals surface area (Å²) in [6.07, 6.45) is -5.68. The Hall–Kier alpha value is -4.33. The van der Waals surface area contributed by atoms with Crippen LogP contribution in [0.5, 0.6) is 23.0 Å². The van der Waals surface area contributed by atoms with Gasteiger partial charge in [0.2, 0.25) is 12.0 Å². The van der Waals surface area contributed by atoms with Crippen molar-refractivity contribution in [3.8, 4) is 34.3 Å². The molecule has 1 aliphatic heterocycles. The Kier molecular flexibility index (Phi) is 11.5. The number of unbranched alkanes of at least 4 members (excludes halogenated alkanes) is 2. The molecule has 256 valence electrons. The van der Waals surface area contributed by atoms with Crippen LogP contribution in [0.4, 0.5) is 5.69 Å². The van der Waals surface area contributed by atoms with Crippen molar-refractivity contribution in [1.82, 2.24) is 0 Å². The molecule has 12 nitrogen and oxygen atoms in total. The number of amides is 1. The maximum absolute atomic E-state index is 13.3. The molecule has 1 saturated heterocycles. The minimum Gasteiger partial charge on any atom is -0.504 e. The molecule has 48 heavy (non-hydrogen) atoms. The number of ether oxygens (including phenoxy) is 4. The Morgan fingerprint density at radius 3 is 2.31 bits per heavy atom. The average Bonchev–Trinajstić information content (AvgIpc) is 3.06. The van der Waals surface area contributed by atoms with Gasteiger partial charge >= 0.3 is 0 Å². The smallest absolute Gasteiger partial charge is 0.256 e. The molecule has 1 aromatic heterocycles. The number of aromatic hydroxyl groups is 1. The van der Waals surface area contributed by atoms with E-state index in [1.807, 2.05) is 6.92 Å². The number of phenolic OH excluding ortho intramolecular Hbond substituents is 1. The summed E-state index contributed by atoms with van der Waals surface area (Å²) in [6, 6.07) is 15.8. The summed E-state index contributed by atoms with van der Waals surface area (Å²) in [6.45, 7) is 4.73. The standard InChI is InChI=1S/C35H38ClNO11/c1-3-5-14-44-22-12-10-19(11-13-22)24-17-23(38)27-25(46-24)18-26(32(28(27)39)45-15-6-4-2)47-35-31(42)29(40)30(41)33(48-35)34(43)37-21-9-7-8-20(36)16-21/h7-13,16-18,29-31,33,35,39-42H,3-6,14-15H2,1-2H3,(H,37,43). The Bertz CT molecular complexity index is 1780. The van der Waals surface area contributed by atoms with Gasteiger partial charge in [0, 0.05) is 28.4 Å². The van der Waals surface area contributed by atoms with Crippen molar-refractivity contribution < 1.29 is 48.6 Å². The van der Waals surface area contributed by atoms with Crippen molar-refractivity contribution in [1.29, 1.82) is 0 Å². The lowest BCUT2D eigenvalue weighted by atomic mass is 9.98. The van der Waals surface area contributed by atoms with E-state index in [9.17, 15) is 30.0 Å². The van der Waals surface area contributed by atoms with Crippen molar-refractivity contribution in [2.75, 3.05) is 18.5 Å². The fourth-order valence-electron chi connectivity index (χ4n) is 5.07. The number of anilines is 1. The first-order valence-corrected chi connectivity index (χ1v) is 16.1. The summed E-state index contributed by atoms with van der Waals surface area (Å²) in [5.41, 5.74) is 0.247. The fraction of sp³-hybridized carbons (Fsp3) is 0.371. The van der Waals surface area contributed by atoms with E-state index < -0.39 is 47.8 Å². The molecular formula is C35H38ClNO11. The summed E-state index contributed by atoms with van der Waals surface area (Å²) < 4.78 is 29.2. The van der Waals surface area contributed by atoms with Crippen molar-refractivity contribution >= 4 is 34.2 Å². The largest absolute Gasteiger partial charge is 0.504 e. The van der Waals surface area contributed by atoms with Gasteiger partial charge in [-0.2, -0.15) is 0 Å². The maximum atomic E-state index is 13.3. The van der Waals surface area contributed by atoms with Crippen molar-refractivity contribution in [2.45, 2.75) is 70.2 Å². The normalized spacial score (nSPS) is 20.8. The first kappa shape index (κ1) is 35.0. The highest BCUT2D eigenvalue weighted by atomic mass is 35.5. The molecule has 13 heteroatoms. The molecule has 0 aliphatic carbocycles. The minimum absolute atomic E-state index is 0.0720. The predicted octanol–water partition coefficient (Wildman–Crippen LogP) is 5.00. The van der Waals surface area contributed by atoms with Gasteiger partial charge in [0.25, 0.3) is 5.91 Å². The molecule has 1 aliphatic rings. The number of halogens is 1. The van der Waals surface area contributed by atoms with Gasteiger partial charge in [0.1, 0.15) is 40.8 Å². The van der Waals surface area contributed by atoms with Gasteiger partial charge in [-0.15, -0.1) is 0 Å². The van der Waals surface area contributed by atoms with Gasteiger partial charge in [-0.1, -0.05) is 44.4 Å². The molecule has 5 unspecified atom stereocenters. The van der Waals surface area contributed by atoms with E-state index in [2.05, 4.69) is 12.2 Å². The van der Waals surface area contributed by atoms with Crippen LogP contribution in [0.25, 0.3) is 22.3 Å². The highest BCUT2D eigenvalue weighted by Crippen LogP contribution is 2.44. The van der Waals surface area contributed by atoms with E-state index in [4.69, 9.17) is 35.0 Å². The number of hydrogen-bond acceptors (Lipinski definition) is 11. The van der Waals surface area contributed by atoms with Crippen LogP contribution >= 0.6 is 11.6 Å².